The second kappa shape index (κ2) is 2.61. The van der Waals surface area contributed by atoms with Crippen molar-refractivity contribution in [1.29, 1.82) is 0 Å². The second-order valence-electron chi connectivity index (χ2n) is 3.01. The Morgan fingerprint density at radius 2 is 2.38 bits per heavy atom. The molecule has 1 aliphatic heterocycles. The Morgan fingerprint density at radius 3 is 2.85 bits per heavy atom. The molecule has 69 valence electrons. The third-order valence-electron chi connectivity index (χ3n) is 2.15. The molecule has 1 fully saturated rings. The van der Waals surface area contributed by atoms with Crippen LogP contribution in [0.4, 0.5) is 14.5 Å². The molecule has 0 unspecified atom stereocenters. The minimum absolute atomic E-state index is 0.0922. The Kier molecular flexibility index (Phi) is 1.68. The number of aryl methyl sites for hydroxylation is 1. The third-order valence-corrected chi connectivity index (χ3v) is 2.15. The molecule has 0 spiro atoms. The fraction of sp³-hybridized carbons (Fsp3) is 0.500. The summed E-state index contributed by atoms with van der Waals surface area (Å²) in [6.45, 7) is 2.03. The molecule has 0 atom stereocenters. The summed E-state index contributed by atoms with van der Waals surface area (Å²) in [7, 11) is 0. The van der Waals surface area contributed by atoms with E-state index in [2.05, 4.69) is 16.3 Å². The van der Waals surface area contributed by atoms with E-state index in [0.717, 1.165) is 4.90 Å². The van der Waals surface area contributed by atoms with Gasteiger partial charge in [-0.05, 0) is 6.92 Å². The zero-order valence-electron chi connectivity index (χ0n) is 7.09. The van der Waals surface area contributed by atoms with Gasteiger partial charge in [0.1, 0.15) is 0 Å². The van der Waals surface area contributed by atoms with E-state index in [1.54, 1.807) is 6.92 Å². The summed E-state index contributed by atoms with van der Waals surface area (Å²) in [5.41, 5.74) is 0.935. The molecule has 0 aromatic carbocycles. The van der Waals surface area contributed by atoms with Gasteiger partial charge in [0.2, 0.25) is 0 Å². The Morgan fingerprint density at radius 1 is 1.62 bits per heavy atom. The number of nitrogens with zero attached hydrogens (tertiary/aromatic N) is 3. The number of anilines is 1. The molecule has 0 N–H and O–H groups in total. The largest absolute Gasteiger partial charge is 0.327 e. The lowest BCUT2D eigenvalue weighted by Gasteiger charge is -2.42. The molecule has 1 saturated heterocycles. The number of alkyl halides is 2. The first kappa shape index (κ1) is 8.34. The van der Waals surface area contributed by atoms with Gasteiger partial charge in [0.05, 0.1) is 17.6 Å². The summed E-state index contributed by atoms with van der Waals surface area (Å²) in [6.07, 6.45) is 3.64. The molecule has 1 aromatic heterocycles. The highest BCUT2D eigenvalue weighted by molar-refractivity contribution is 5.51. The average Bonchev–Trinajstić information content (AvgIpc) is 2.07. The van der Waals surface area contributed by atoms with E-state index in [9.17, 15) is 8.78 Å². The summed E-state index contributed by atoms with van der Waals surface area (Å²) in [6, 6.07) is -2.73. The van der Waals surface area contributed by atoms with Gasteiger partial charge in [-0.25, -0.2) is 9.97 Å². The molecule has 0 aliphatic carbocycles. The first-order valence-electron chi connectivity index (χ1n) is 3.96. The van der Waals surface area contributed by atoms with Gasteiger partial charge in [0, 0.05) is 13.0 Å². The van der Waals surface area contributed by atoms with Crippen LogP contribution in [-0.2, 0) is 0 Å². The van der Waals surface area contributed by atoms with Crippen LogP contribution in [-0.4, -0.2) is 22.6 Å². The first-order chi connectivity index (χ1) is 6.11. The standard InChI is InChI=1S/C8H8F2N3/c1-6-7(4-11-5-12-6)13-3-2-8(13,9)10/h4H,2-3H2,1H3. The zero-order chi connectivity index (χ0) is 9.47. The lowest BCUT2D eigenvalue weighted by atomic mass is 10.1. The van der Waals surface area contributed by atoms with E-state index < -0.39 is 6.05 Å². The third kappa shape index (κ3) is 1.24. The molecule has 0 bridgehead atoms. The zero-order valence-corrected chi connectivity index (χ0v) is 7.09. The molecular weight excluding hydrogens is 176 g/mol. The van der Waals surface area contributed by atoms with Gasteiger partial charge in [-0.3, -0.25) is 0 Å². The van der Waals surface area contributed by atoms with Crippen molar-refractivity contribution >= 4 is 5.69 Å². The Bertz CT molecular complexity index is 327. The molecule has 3 nitrogen and oxygen atoms in total. The molecule has 2 heterocycles. The SMILES string of the molecule is Cc1n[c]ncc1N1CCC1(F)F. The summed E-state index contributed by atoms with van der Waals surface area (Å²) >= 11 is 0. The first-order valence-corrected chi connectivity index (χ1v) is 3.96. The minimum Gasteiger partial charge on any atom is -0.310 e. The summed E-state index contributed by atoms with van der Waals surface area (Å²) in [4.78, 5) is 8.35. The van der Waals surface area contributed by atoms with Crippen molar-refractivity contribution in [3.05, 3.63) is 18.2 Å². The number of hydrogen-bond donors (Lipinski definition) is 0. The molecule has 0 amide bonds. The van der Waals surface area contributed by atoms with Crippen molar-refractivity contribution in [2.45, 2.75) is 19.4 Å². The molecule has 1 aliphatic rings. The van der Waals surface area contributed by atoms with E-state index in [4.69, 9.17) is 0 Å². The maximum absolute atomic E-state index is 12.9. The normalized spacial score (nSPS) is 19.8. The molecule has 0 saturated carbocycles. The van der Waals surface area contributed by atoms with E-state index in [1.807, 2.05) is 0 Å². The monoisotopic (exact) mass is 184 g/mol. The van der Waals surface area contributed by atoms with Gasteiger partial charge in [-0.1, -0.05) is 0 Å². The van der Waals surface area contributed by atoms with Gasteiger partial charge in [-0.15, -0.1) is 0 Å². The summed E-state index contributed by atoms with van der Waals surface area (Å²) in [5.74, 6) is 0. The van der Waals surface area contributed by atoms with Crippen LogP contribution in [0.15, 0.2) is 6.20 Å². The predicted octanol–water partition coefficient (Wildman–Crippen LogP) is 1.39. The van der Waals surface area contributed by atoms with Gasteiger partial charge >= 0.3 is 6.05 Å². The maximum Gasteiger partial charge on any atom is 0.327 e. The van der Waals surface area contributed by atoms with Gasteiger partial charge in [-0.2, -0.15) is 8.78 Å². The quantitative estimate of drug-likeness (QED) is 0.617. The highest BCUT2D eigenvalue weighted by Gasteiger charge is 2.46. The number of hydrogen-bond acceptors (Lipinski definition) is 3. The van der Waals surface area contributed by atoms with E-state index in [0.29, 0.717) is 17.9 Å². The van der Waals surface area contributed by atoms with Crippen molar-refractivity contribution in [2.75, 3.05) is 11.4 Å². The van der Waals surface area contributed by atoms with Crippen LogP contribution in [0, 0.1) is 13.3 Å². The van der Waals surface area contributed by atoms with Crippen molar-refractivity contribution in [3.8, 4) is 0 Å². The highest BCUT2D eigenvalue weighted by Crippen LogP contribution is 2.38. The van der Waals surface area contributed by atoms with Crippen LogP contribution in [0.25, 0.3) is 0 Å². The number of aromatic nitrogens is 2. The topological polar surface area (TPSA) is 29.0 Å². The minimum atomic E-state index is -2.73. The molecule has 13 heavy (non-hydrogen) atoms. The number of rotatable bonds is 1. The van der Waals surface area contributed by atoms with Crippen LogP contribution in [0.5, 0.6) is 0 Å². The Labute approximate surface area is 74.4 Å². The fourth-order valence-electron chi connectivity index (χ4n) is 1.30. The van der Waals surface area contributed by atoms with Crippen molar-refractivity contribution in [3.63, 3.8) is 0 Å². The predicted molar refractivity (Wildman–Crippen MR) is 42.5 cm³/mol. The molecule has 1 radical (unpaired) electrons. The van der Waals surface area contributed by atoms with Crippen molar-refractivity contribution in [2.24, 2.45) is 0 Å². The van der Waals surface area contributed by atoms with Gasteiger partial charge in [0.25, 0.3) is 0 Å². The van der Waals surface area contributed by atoms with E-state index in [1.165, 1.54) is 6.20 Å². The summed E-state index contributed by atoms with van der Waals surface area (Å²) in [5, 5.41) is 0. The molecule has 5 heteroatoms. The van der Waals surface area contributed by atoms with Gasteiger partial charge in [0.15, 0.2) is 6.33 Å². The smallest absolute Gasteiger partial charge is 0.310 e. The Hall–Kier alpha value is -1.26. The lowest BCUT2D eigenvalue weighted by Crippen LogP contribution is -2.54. The molecule has 2 rings (SSSR count). The van der Waals surface area contributed by atoms with Crippen LogP contribution in [0.2, 0.25) is 0 Å². The number of halogens is 2. The fourth-order valence-corrected chi connectivity index (χ4v) is 1.30. The molecular formula is C8H8F2N3. The molecule has 1 aromatic rings. The maximum atomic E-state index is 12.9. The van der Waals surface area contributed by atoms with Crippen molar-refractivity contribution < 1.29 is 8.78 Å². The Balaban J connectivity index is 2.32. The lowest BCUT2D eigenvalue weighted by molar-refractivity contribution is -0.0549. The second-order valence-corrected chi connectivity index (χ2v) is 3.01. The highest BCUT2D eigenvalue weighted by atomic mass is 19.3. The average molecular weight is 184 g/mol. The van der Waals surface area contributed by atoms with Crippen LogP contribution < -0.4 is 4.90 Å². The summed E-state index contributed by atoms with van der Waals surface area (Å²) < 4.78 is 25.9. The van der Waals surface area contributed by atoms with Gasteiger partial charge < -0.3 is 4.90 Å². The van der Waals surface area contributed by atoms with E-state index >= 15 is 0 Å². The van der Waals surface area contributed by atoms with Crippen LogP contribution in [0.1, 0.15) is 12.1 Å². The van der Waals surface area contributed by atoms with Crippen molar-refractivity contribution in [1.82, 2.24) is 9.97 Å². The van der Waals surface area contributed by atoms with E-state index in [-0.39, 0.29) is 6.42 Å². The van der Waals surface area contributed by atoms with Crippen LogP contribution in [0.3, 0.4) is 0 Å². The van der Waals surface area contributed by atoms with Crippen LogP contribution >= 0.6 is 0 Å².